The molecule has 2 heterocycles. The summed E-state index contributed by atoms with van der Waals surface area (Å²) in [5.74, 6) is -0.669. The van der Waals surface area contributed by atoms with E-state index in [9.17, 15) is 14.0 Å². The number of halogens is 1. The summed E-state index contributed by atoms with van der Waals surface area (Å²) in [7, 11) is 0. The van der Waals surface area contributed by atoms with E-state index in [1.807, 2.05) is 11.8 Å². The van der Waals surface area contributed by atoms with Gasteiger partial charge < -0.3 is 9.64 Å². The number of imide groups is 1. The van der Waals surface area contributed by atoms with Gasteiger partial charge in [0.05, 0.1) is 17.9 Å². The van der Waals surface area contributed by atoms with Gasteiger partial charge in [0.1, 0.15) is 17.3 Å². The summed E-state index contributed by atoms with van der Waals surface area (Å²) >= 11 is 0. The molecule has 0 N–H and O–H groups in total. The van der Waals surface area contributed by atoms with E-state index in [0.717, 1.165) is 32.4 Å². The fourth-order valence-electron chi connectivity index (χ4n) is 3.94. The molecule has 0 atom stereocenters. The first kappa shape index (κ1) is 19.2. The molecule has 2 amide bonds. The van der Waals surface area contributed by atoms with Crippen LogP contribution >= 0.6 is 0 Å². The Morgan fingerprint density at radius 3 is 2.31 bits per heavy atom. The van der Waals surface area contributed by atoms with Crippen molar-refractivity contribution >= 4 is 23.1 Å². The van der Waals surface area contributed by atoms with E-state index in [2.05, 4.69) is 0 Å². The van der Waals surface area contributed by atoms with E-state index in [1.54, 1.807) is 36.4 Å². The summed E-state index contributed by atoms with van der Waals surface area (Å²) in [5.41, 5.74) is 1.69. The quantitative estimate of drug-likeness (QED) is 0.720. The SMILES string of the molecule is CCOc1ccccc1N1C(=O)C(c2ccc(F)cc2)=C(N2CCCCC2)C1=O. The van der Waals surface area contributed by atoms with Crippen molar-refractivity contribution in [3.05, 3.63) is 65.6 Å². The Morgan fingerprint density at radius 1 is 0.931 bits per heavy atom. The lowest BCUT2D eigenvalue weighted by atomic mass is 10.0. The Morgan fingerprint density at radius 2 is 1.62 bits per heavy atom. The van der Waals surface area contributed by atoms with Crippen molar-refractivity contribution in [1.29, 1.82) is 0 Å². The number of nitrogens with zero attached hydrogens (tertiary/aromatic N) is 2. The highest BCUT2D eigenvalue weighted by Gasteiger charge is 2.43. The molecule has 0 saturated carbocycles. The number of para-hydroxylation sites is 2. The van der Waals surface area contributed by atoms with E-state index in [1.165, 1.54) is 17.0 Å². The molecule has 4 rings (SSSR count). The fraction of sp³-hybridized carbons (Fsp3) is 0.304. The van der Waals surface area contributed by atoms with Crippen LogP contribution in [0, 0.1) is 5.82 Å². The highest BCUT2D eigenvalue weighted by Crippen LogP contribution is 2.39. The Hall–Kier alpha value is -3.15. The van der Waals surface area contributed by atoms with Crippen molar-refractivity contribution in [3.63, 3.8) is 0 Å². The van der Waals surface area contributed by atoms with Gasteiger partial charge in [-0.1, -0.05) is 24.3 Å². The number of rotatable bonds is 5. The van der Waals surface area contributed by atoms with Gasteiger partial charge >= 0.3 is 0 Å². The van der Waals surface area contributed by atoms with Gasteiger partial charge in [-0.3, -0.25) is 9.59 Å². The predicted molar refractivity (Wildman–Crippen MR) is 109 cm³/mol. The lowest BCUT2D eigenvalue weighted by Crippen LogP contribution is -2.37. The largest absolute Gasteiger partial charge is 0.492 e. The molecule has 6 heteroatoms. The zero-order valence-electron chi connectivity index (χ0n) is 16.4. The van der Waals surface area contributed by atoms with Crippen LogP contribution in [-0.2, 0) is 9.59 Å². The second-order valence-electron chi connectivity index (χ2n) is 7.12. The van der Waals surface area contributed by atoms with Crippen LogP contribution in [0.25, 0.3) is 5.57 Å². The molecule has 150 valence electrons. The van der Waals surface area contributed by atoms with Crippen molar-refractivity contribution in [2.45, 2.75) is 26.2 Å². The number of amides is 2. The summed E-state index contributed by atoms with van der Waals surface area (Å²) in [6, 6.07) is 12.8. The number of anilines is 1. The average molecular weight is 394 g/mol. The number of benzene rings is 2. The average Bonchev–Trinajstić information content (AvgIpc) is 3.00. The van der Waals surface area contributed by atoms with Gasteiger partial charge in [-0.25, -0.2) is 9.29 Å². The Bertz CT molecular complexity index is 962. The number of likely N-dealkylation sites (tertiary alicyclic amines) is 1. The van der Waals surface area contributed by atoms with Crippen molar-refractivity contribution in [1.82, 2.24) is 4.90 Å². The highest BCUT2D eigenvalue weighted by molar-refractivity contribution is 6.45. The van der Waals surface area contributed by atoms with Gasteiger partial charge in [0.2, 0.25) is 0 Å². The van der Waals surface area contributed by atoms with Crippen LogP contribution in [0.5, 0.6) is 5.75 Å². The highest BCUT2D eigenvalue weighted by atomic mass is 19.1. The normalized spacial score (nSPS) is 17.3. The Balaban J connectivity index is 1.83. The van der Waals surface area contributed by atoms with Crippen LogP contribution in [0.4, 0.5) is 10.1 Å². The predicted octanol–water partition coefficient (Wildman–Crippen LogP) is 3.99. The molecule has 0 bridgehead atoms. The maximum atomic E-state index is 13.5. The van der Waals surface area contributed by atoms with Gasteiger partial charge in [0, 0.05) is 13.1 Å². The van der Waals surface area contributed by atoms with Crippen molar-refractivity contribution in [2.24, 2.45) is 0 Å². The van der Waals surface area contributed by atoms with Crippen molar-refractivity contribution in [2.75, 3.05) is 24.6 Å². The van der Waals surface area contributed by atoms with E-state index >= 15 is 0 Å². The number of carbonyl (C=O) groups is 2. The second kappa shape index (κ2) is 8.07. The minimum absolute atomic E-state index is 0.322. The smallest absolute Gasteiger partial charge is 0.282 e. The minimum Gasteiger partial charge on any atom is -0.492 e. The van der Waals surface area contributed by atoms with E-state index in [4.69, 9.17) is 4.74 Å². The lowest BCUT2D eigenvalue weighted by molar-refractivity contribution is -0.120. The molecule has 29 heavy (non-hydrogen) atoms. The number of carbonyl (C=O) groups excluding carboxylic acids is 2. The number of ether oxygens (including phenoxy) is 1. The zero-order valence-corrected chi connectivity index (χ0v) is 16.4. The number of hydrogen-bond acceptors (Lipinski definition) is 4. The van der Waals surface area contributed by atoms with Crippen LogP contribution in [-0.4, -0.2) is 36.4 Å². The summed E-state index contributed by atoms with van der Waals surface area (Å²) in [4.78, 5) is 30.2. The molecule has 2 aliphatic heterocycles. The Kier molecular flexibility index (Phi) is 5.34. The molecule has 0 unspecified atom stereocenters. The lowest BCUT2D eigenvalue weighted by Gasteiger charge is -2.29. The van der Waals surface area contributed by atoms with Crippen molar-refractivity contribution < 1.29 is 18.7 Å². The van der Waals surface area contributed by atoms with E-state index in [-0.39, 0.29) is 11.7 Å². The molecule has 0 radical (unpaired) electrons. The molecular weight excluding hydrogens is 371 g/mol. The third-order valence-electron chi connectivity index (χ3n) is 5.27. The van der Waals surface area contributed by atoms with Gasteiger partial charge in [-0.05, 0) is 56.0 Å². The van der Waals surface area contributed by atoms with E-state index < -0.39 is 5.91 Å². The van der Waals surface area contributed by atoms with Crippen LogP contribution in [0.15, 0.2) is 54.2 Å². The molecule has 2 aromatic rings. The summed E-state index contributed by atoms with van der Waals surface area (Å²) in [6.45, 7) is 3.72. The molecule has 0 aliphatic carbocycles. The van der Waals surface area contributed by atoms with Gasteiger partial charge in [0.15, 0.2) is 0 Å². The molecule has 2 aromatic carbocycles. The fourth-order valence-corrected chi connectivity index (χ4v) is 3.94. The first-order valence-corrected chi connectivity index (χ1v) is 9.97. The third kappa shape index (κ3) is 3.50. The van der Waals surface area contributed by atoms with Gasteiger partial charge in [-0.2, -0.15) is 0 Å². The standard InChI is InChI=1S/C23H23FN2O3/c1-2-29-19-9-5-4-8-18(19)26-22(27)20(16-10-12-17(24)13-11-16)21(23(26)28)25-14-6-3-7-15-25/h4-5,8-13H,2-3,6-7,14-15H2,1H3. The molecule has 1 saturated heterocycles. The monoisotopic (exact) mass is 394 g/mol. The molecule has 5 nitrogen and oxygen atoms in total. The van der Waals surface area contributed by atoms with Gasteiger partial charge in [-0.15, -0.1) is 0 Å². The first-order valence-electron chi connectivity index (χ1n) is 9.97. The van der Waals surface area contributed by atoms with Crippen LogP contribution < -0.4 is 9.64 Å². The third-order valence-corrected chi connectivity index (χ3v) is 5.27. The zero-order chi connectivity index (χ0) is 20.4. The van der Waals surface area contributed by atoms with Gasteiger partial charge in [0.25, 0.3) is 11.8 Å². The molecule has 0 spiro atoms. The van der Waals surface area contributed by atoms with E-state index in [0.29, 0.717) is 34.9 Å². The Labute approximate surface area is 169 Å². The van der Waals surface area contributed by atoms with Crippen LogP contribution in [0.3, 0.4) is 0 Å². The molecule has 2 aliphatic rings. The van der Waals surface area contributed by atoms with Crippen molar-refractivity contribution in [3.8, 4) is 5.75 Å². The summed E-state index contributed by atoms with van der Waals surface area (Å²) < 4.78 is 19.1. The molecular formula is C23H23FN2O3. The first-order chi connectivity index (χ1) is 14.1. The maximum Gasteiger partial charge on any atom is 0.282 e. The number of piperidine rings is 1. The molecule has 0 aromatic heterocycles. The minimum atomic E-state index is -0.408. The van der Waals surface area contributed by atoms with Crippen LogP contribution in [0.1, 0.15) is 31.7 Å². The second-order valence-corrected chi connectivity index (χ2v) is 7.12. The summed E-state index contributed by atoms with van der Waals surface area (Å²) in [6.07, 6.45) is 3.04. The van der Waals surface area contributed by atoms with Crippen LogP contribution in [0.2, 0.25) is 0 Å². The number of hydrogen-bond donors (Lipinski definition) is 0. The topological polar surface area (TPSA) is 49.9 Å². The maximum absolute atomic E-state index is 13.5. The molecule has 1 fully saturated rings. The summed E-state index contributed by atoms with van der Waals surface area (Å²) in [5, 5.41) is 0.